The maximum absolute atomic E-state index is 14.5. The number of amides is 1. The van der Waals surface area contributed by atoms with Crippen LogP contribution in [0.5, 0.6) is 0 Å². The molecule has 0 spiro atoms. The van der Waals surface area contributed by atoms with Gasteiger partial charge in [-0.3, -0.25) is 9.69 Å². The third-order valence-corrected chi connectivity index (χ3v) is 6.68. The minimum Gasteiger partial charge on any atom is -0.324 e. The van der Waals surface area contributed by atoms with E-state index in [4.69, 9.17) is 0 Å². The Morgan fingerprint density at radius 2 is 1.80 bits per heavy atom. The second-order valence-corrected chi connectivity index (χ2v) is 9.41. The maximum atomic E-state index is 14.5. The van der Waals surface area contributed by atoms with Crippen molar-refractivity contribution in [2.45, 2.75) is 6.04 Å². The summed E-state index contributed by atoms with van der Waals surface area (Å²) < 4.78 is 39.6. The standard InChI is InChI=1S/C21H21FN4O3S/c22-18-15-17(7-8-19(18)26-10-4-9-23-26)24-21(27)20(16-5-2-1-3-6-16)25-11-13-30(28,29)14-12-25/h1-10,15,20H,11-14H2,(H,24,27). The SMILES string of the molecule is O=C(Nc1ccc(-n2cccn2)c(F)c1)C(c1ccccc1)N1CCS(=O)(=O)CC1. The highest BCUT2D eigenvalue weighted by Crippen LogP contribution is 2.26. The van der Waals surface area contributed by atoms with Gasteiger partial charge in [-0.25, -0.2) is 17.5 Å². The predicted octanol–water partition coefficient (Wildman–Crippen LogP) is 2.42. The first-order valence-electron chi connectivity index (χ1n) is 9.53. The molecule has 1 unspecified atom stereocenters. The number of nitrogens with zero attached hydrogens (tertiary/aromatic N) is 3. The number of carbonyl (C=O) groups is 1. The van der Waals surface area contributed by atoms with Crippen molar-refractivity contribution < 1.29 is 17.6 Å². The first-order valence-corrected chi connectivity index (χ1v) is 11.3. The zero-order chi connectivity index (χ0) is 21.1. The van der Waals surface area contributed by atoms with Crippen LogP contribution in [0.1, 0.15) is 11.6 Å². The summed E-state index contributed by atoms with van der Waals surface area (Å²) >= 11 is 0. The number of rotatable bonds is 5. The summed E-state index contributed by atoms with van der Waals surface area (Å²) in [6, 6.07) is 14.6. The molecule has 1 saturated heterocycles. The number of aromatic nitrogens is 2. The van der Waals surface area contributed by atoms with Gasteiger partial charge in [0.1, 0.15) is 11.7 Å². The van der Waals surface area contributed by atoms with Gasteiger partial charge in [-0.2, -0.15) is 5.10 Å². The molecule has 1 atom stereocenters. The van der Waals surface area contributed by atoms with Crippen molar-refractivity contribution in [3.8, 4) is 5.69 Å². The molecule has 1 aliphatic rings. The molecular formula is C21H21FN4O3S. The number of sulfone groups is 1. The molecule has 9 heteroatoms. The molecule has 1 amide bonds. The fourth-order valence-corrected chi connectivity index (χ4v) is 4.77. The second kappa shape index (κ2) is 8.37. The number of halogens is 1. The summed E-state index contributed by atoms with van der Waals surface area (Å²) in [5, 5.41) is 6.78. The number of hydrogen-bond donors (Lipinski definition) is 1. The summed E-state index contributed by atoms with van der Waals surface area (Å²) in [6.45, 7) is 0.532. The molecule has 0 saturated carbocycles. The van der Waals surface area contributed by atoms with Crippen molar-refractivity contribution in [2.75, 3.05) is 29.9 Å². The molecule has 30 heavy (non-hydrogen) atoms. The first-order chi connectivity index (χ1) is 14.4. The van der Waals surface area contributed by atoms with Gasteiger partial charge >= 0.3 is 0 Å². The lowest BCUT2D eigenvalue weighted by Gasteiger charge is -2.33. The van der Waals surface area contributed by atoms with Gasteiger partial charge in [-0.05, 0) is 29.8 Å². The fraction of sp³-hybridized carbons (Fsp3) is 0.238. The van der Waals surface area contributed by atoms with Crippen LogP contribution in [0.25, 0.3) is 5.69 Å². The third kappa shape index (κ3) is 4.42. The van der Waals surface area contributed by atoms with Gasteiger partial charge in [0.15, 0.2) is 15.7 Å². The van der Waals surface area contributed by atoms with E-state index in [-0.39, 0.29) is 36.2 Å². The molecule has 0 bridgehead atoms. The van der Waals surface area contributed by atoms with Gasteiger partial charge in [0, 0.05) is 31.2 Å². The molecule has 1 aliphatic heterocycles. The zero-order valence-corrected chi connectivity index (χ0v) is 16.9. The summed E-state index contributed by atoms with van der Waals surface area (Å²) in [6.07, 6.45) is 3.19. The van der Waals surface area contributed by atoms with Gasteiger partial charge < -0.3 is 5.32 Å². The van der Waals surface area contributed by atoms with Crippen molar-refractivity contribution in [3.05, 3.63) is 78.4 Å². The van der Waals surface area contributed by atoms with E-state index in [9.17, 15) is 17.6 Å². The number of nitrogens with one attached hydrogen (secondary N) is 1. The summed E-state index contributed by atoms with van der Waals surface area (Å²) in [4.78, 5) is 15.0. The van der Waals surface area contributed by atoms with Crippen LogP contribution in [0.4, 0.5) is 10.1 Å². The van der Waals surface area contributed by atoms with Crippen LogP contribution in [0, 0.1) is 5.82 Å². The first kappa shape index (κ1) is 20.2. The van der Waals surface area contributed by atoms with E-state index in [1.165, 1.54) is 10.7 Å². The van der Waals surface area contributed by atoms with Gasteiger partial charge in [0.05, 0.1) is 11.5 Å². The largest absolute Gasteiger partial charge is 0.324 e. The van der Waals surface area contributed by atoms with Crippen molar-refractivity contribution >= 4 is 21.4 Å². The van der Waals surface area contributed by atoms with E-state index >= 15 is 0 Å². The van der Waals surface area contributed by atoms with Gasteiger partial charge in [-0.1, -0.05) is 30.3 Å². The van der Waals surface area contributed by atoms with Gasteiger partial charge in [-0.15, -0.1) is 0 Å². The fourth-order valence-electron chi connectivity index (χ4n) is 3.54. The monoisotopic (exact) mass is 428 g/mol. The lowest BCUT2D eigenvalue weighted by atomic mass is 10.0. The molecule has 1 N–H and O–H groups in total. The Hall–Kier alpha value is -3.04. The minimum atomic E-state index is -3.08. The molecular weight excluding hydrogens is 407 g/mol. The predicted molar refractivity (Wildman–Crippen MR) is 112 cm³/mol. The molecule has 4 rings (SSSR count). The number of benzene rings is 2. The molecule has 156 valence electrons. The van der Waals surface area contributed by atoms with Crippen LogP contribution in [0.2, 0.25) is 0 Å². The van der Waals surface area contributed by atoms with Crippen molar-refractivity contribution in [3.63, 3.8) is 0 Å². The van der Waals surface area contributed by atoms with Crippen LogP contribution in [0.15, 0.2) is 67.0 Å². The highest BCUT2D eigenvalue weighted by atomic mass is 32.2. The average molecular weight is 428 g/mol. The quantitative estimate of drug-likeness (QED) is 0.675. The van der Waals surface area contributed by atoms with Gasteiger partial charge in [0.25, 0.3) is 0 Å². The molecule has 7 nitrogen and oxygen atoms in total. The van der Waals surface area contributed by atoms with E-state index in [0.717, 1.165) is 5.56 Å². The molecule has 1 fully saturated rings. The van der Waals surface area contributed by atoms with E-state index in [0.29, 0.717) is 5.69 Å². The number of carbonyl (C=O) groups excluding carboxylic acids is 1. The highest BCUT2D eigenvalue weighted by Gasteiger charge is 2.32. The van der Waals surface area contributed by atoms with Crippen LogP contribution in [0.3, 0.4) is 0 Å². The van der Waals surface area contributed by atoms with Crippen LogP contribution in [-0.4, -0.2) is 53.6 Å². The van der Waals surface area contributed by atoms with Gasteiger partial charge in [0.2, 0.25) is 5.91 Å². The Morgan fingerprint density at radius 1 is 1.07 bits per heavy atom. The molecule has 1 aromatic heterocycles. The Morgan fingerprint density at radius 3 is 2.43 bits per heavy atom. The minimum absolute atomic E-state index is 0.0107. The maximum Gasteiger partial charge on any atom is 0.246 e. The third-order valence-electron chi connectivity index (χ3n) is 5.07. The Bertz CT molecular complexity index is 1120. The topological polar surface area (TPSA) is 84.3 Å². The molecule has 2 aromatic carbocycles. The Labute approximate surface area is 174 Å². The number of anilines is 1. The number of hydrogen-bond acceptors (Lipinski definition) is 5. The van der Waals surface area contributed by atoms with Crippen LogP contribution >= 0.6 is 0 Å². The molecule has 0 aliphatic carbocycles. The van der Waals surface area contributed by atoms with E-state index in [2.05, 4.69) is 10.4 Å². The molecule has 2 heterocycles. The van der Waals surface area contributed by atoms with Crippen molar-refractivity contribution in [1.82, 2.24) is 14.7 Å². The van der Waals surface area contributed by atoms with E-state index in [1.807, 2.05) is 35.2 Å². The summed E-state index contributed by atoms with van der Waals surface area (Å²) in [5.41, 5.74) is 1.35. The van der Waals surface area contributed by atoms with Crippen molar-refractivity contribution in [1.29, 1.82) is 0 Å². The second-order valence-electron chi connectivity index (χ2n) is 7.11. The van der Waals surface area contributed by atoms with E-state index in [1.54, 1.807) is 30.6 Å². The Kier molecular flexibility index (Phi) is 5.65. The summed E-state index contributed by atoms with van der Waals surface area (Å²) in [7, 11) is -3.08. The lowest BCUT2D eigenvalue weighted by molar-refractivity contribution is -0.121. The molecule has 3 aromatic rings. The molecule has 0 radical (unpaired) electrons. The lowest BCUT2D eigenvalue weighted by Crippen LogP contribution is -2.46. The summed E-state index contributed by atoms with van der Waals surface area (Å²) in [5.74, 6) is -0.836. The average Bonchev–Trinajstić information content (AvgIpc) is 3.25. The highest BCUT2D eigenvalue weighted by molar-refractivity contribution is 7.91. The zero-order valence-electron chi connectivity index (χ0n) is 16.1. The normalized spacial score (nSPS) is 17.4. The van der Waals surface area contributed by atoms with Crippen molar-refractivity contribution in [2.24, 2.45) is 0 Å². The van der Waals surface area contributed by atoms with E-state index < -0.39 is 21.7 Å². The Balaban J connectivity index is 1.57. The van der Waals surface area contributed by atoms with Crippen LogP contribution < -0.4 is 5.32 Å². The smallest absolute Gasteiger partial charge is 0.246 e. The van der Waals surface area contributed by atoms with Crippen LogP contribution in [-0.2, 0) is 14.6 Å².